The maximum Gasteiger partial charge on any atom is 0.143 e. The molecule has 0 unspecified atom stereocenters. The van der Waals surface area contributed by atoms with Crippen LogP contribution in [0.5, 0.6) is 0 Å². The average Bonchev–Trinajstić information content (AvgIpc) is 2.19. The summed E-state index contributed by atoms with van der Waals surface area (Å²) in [5.74, 6) is 1.72. The van der Waals surface area contributed by atoms with Gasteiger partial charge in [0.05, 0.1) is 15.9 Å². The van der Waals surface area contributed by atoms with Crippen molar-refractivity contribution in [3.63, 3.8) is 0 Å². The third kappa shape index (κ3) is 2.78. The first-order chi connectivity index (χ1) is 6.69. The molecule has 1 N–H and O–H groups in total. The van der Waals surface area contributed by atoms with Crippen LogP contribution >= 0.6 is 22.6 Å². The van der Waals surface area contributed by atoms with Crippen molar-refractivity contribution in [1.29, 1.82) is 0 Å². The Bertz CT molecular complexity index is 317. The summed E-state index contributed by atoms with van der Waals surface area (Å²) in [5, 5.41) is 3.05. The summed E-state index contributed by atoms with van der Waals surface area (Å²) in [6, 6.07) is 0. The summed E-state index contributed by atoms with van der Waals surface area (Å²) in [6.07, 6.45) is 0.753. The molecule has 0 atom stereocenters. The zero-order valence-corrected chi connectivity index (χ0v) is 10.8. The Balaban J connectivity index is 2.91. The Labute approximate surface area is 97.6 Å². The van der Waals surface area contributed by atoms with Crippen molar-refractivity contribution in [1.82, 2.24) is 9.97 Å². The number of aromatic nitrogens is 2. The number of ether oxygens (including phenoxy) is 1. The van der Waals surface area contributed by atoms with Crippen LogP contribution in [-0.2, 0) is 11.2 Å². The van der Waals surface area contributed by atoms with Gasteiger partial charge in [0.2, 0.25) is 0 Å². The lowest BCUT2D eigenvalue weighted by Crippen LogP contribution is -2.07. The fourth-order valence-corrected chi connectivity index (χ4v) is 1.60. The van der Waals surface area contributed by atoms with E-state index in [9.17, 15) is 0 Å². The van der Waals surface area contributed by atoms with Crippen LogP contribution in [0.3, 0.4) is 0 Å². The SMILES string of the molecule is CNc1nc(CCOC)nc(C)c1I. The number of aryl methyl sites for hydroxylation is 1. The van der Waals surface area contributed by atoms with E-state index >= 15 is 0 Å². The number of halogens is 1. The van der Waals surface area contributed by atoms with Gasteiger partial charge in [0.25, 0.3) is 0 Å². The van der Waals surface area contributed by atoms with Gasteiger partial charge in [-0.1, -0.05) is 0 Å². The topological polar surface area (TPSA) is 47.0 Å². The molecule has 0 saturated heterocycles. The van der Waals surface area contributed by atoms with E-state index in [4.69, 9.17) is 4.74 Å². The van der Waals surface area contributed by atoms with Gasteiger partial charge in [0, 0.05) is 20.6 Å². The zero-order valence-electron chi connectivity index (χ0n) is 8.59. The van der Waals surface area contributed by atoms with Gasteiger partial charge >= 0.3 is 0 Å². The molecule has 1 aromatic rings. The highest BCUT2D eigenvalue weighted by Gasteiger charge is 2.07. The molecule has 78 valence electrons. The summed E-state index contributed by atoms with van der Waals surface area (Å²) in [5.41, 5.74) is 1.01. The predicted molar refractivity (Wildman–Crippen MR) is 64.6 cm³/mol. The van der Waals surface area contributed by atoms with Crippen molar-refractivity contribution in [3.8, 4) is 0 Å². The van der Waals surface area contributed by atoms with E-state index in [0.29, 0.717) is 6.61 Å². The maximum atomic E-state index is 4.99. The molecule has 0 spiro atoms. The molecule has 0 aromatic carbocycles. The number of nitrogens with one attached hydrogen (secondary N) is 1. The molecule has 4 nitrogen and oxygen atoms in total. The lowest BCUT2D eigenvalue weighted by molar-refractivity contribution is 0.200. The van der Waals surface area contributed by atoms with Gasteiger partial charge in [-0.2, -0.15) is 0 Å². The van der Waals surface area contributed by atoms with Gasteiger partial charge in [-0.05, 0) is 29.5 Å². The number of nitrogens with zero attached hydrogens (tertiary/aromatic N) is 2. The first kappa shape index (κ1) is 11.6. The standard InChI is InChI=1S/C9H14IN3O/c1-6-8(10)9(11-2)13-7(12-6)4-5-14-3/h4-5H2,1-3H3,(H,11,12,13). The van der Waals surface area contributed by atoms with E-state index in [1.54, 1.807) is 7.11 Å². The summed E-state index contributed by atoms with van der Waals surface area (Å²) >= 11 is 2.24. The van der Waals surface area contributed by atoms with Crippen LogP contribution in [0.25, 0.3) is 0 Å². The second-order valence-electron chi connectivity index (χ2n) is 2.88. The fourth-order valence-electron chi connectivity index (χ4n) is 1.09. The lowest BCUT2D eigenvalue weighted by atomic mass is 10.3. The van der Waals surface area contributed by atoms with E-state index in [1.807, 2.05) is 14.0 Å². The minimum absolute atomic E-state index is 0.656. The van der Waals surface area contributed by atoms with Crippen LogP contribution in [0.2, 0.25) is 0 Å². The predicted octanol–water partition coefficient (Wildman–Crippen LogP) is 1.62. The number of methoxy groups -OCH3 is 1. The Morgan fingerprint density at radius 1 is 1.43 bits per heavy atom. The quantitative estimate of drug-likeness (QED) is 0.859. The normalized spacial score (nSPS) is 10.3. The summed E-state index contributed by atoms with van der Waals surface area (Å²) in [6.45, 7) is 2.64. The number of hydrogen-bond acceptors (Lipinski definition) is 4. The summed E-state index contributed by atoms with van der Waals surface area (Å²) in [7, 11) is 3.54. The number of anilines is 1. The van der Waals surface area contributed by atoms with Gasteiger partial charge < -0.3 is 10.1 Å². The van der Waals surface area contributed by atoms with Crippen molar-refractivity contribution < 1.29 is 4.74 Å². The van der Waals surface area contributed by atoms with Gasteiger partial charge in [0.15, 0.2) is 0 Å². The zero-order chi connectivity index (χ0) is 10.6. The van der Waals surface area contributed by atoms with E-state index < -0.39 is 0 Å². The molecule has 1 aromatic heterocycles. The average molecular weight is 307 g/mol. The van der Waals surface area contributed by atoms with Crippen molar-refractivity contribution in [2.45, 2.75) is 13.3 Å². The van der Waals surface area contributed by atoms with Crippen LogP contribution in [0.1, 0.15) is 11.5 Å². The van der Waals surface area contributed by atoms with Gasteiger partial charge in [-0.25, -0.2) is 9.97 Å². The molecule has 14 heavy (non-hydrogen) atoms. The van der Waals surface area contributed by atoms with E-state index in [0.717, 1.165) is 27.3 Å². The van der Waals surface area contributed by atoms with Crippen LogP contribution in [-0.4, -0.2) is 30.7 Å². The van der Waals surface area contributed by atoms with Crippen molar-refractivity contribution in [3.05, 3.63) is 15.1 Å². The van der Waals surface area contributed by atoms with Crippen LogP contribution in [0.4, 0.5) is 5.82 Å². The Morgan fingerprint density at radius 3 is 2.71 bits per heavy atom. The molecule has 0 fully saturated rings. The smallest absolute Gasteiger partial charge is 0.143 e. The van der Waals surface area contributed by atoms with Gasteiger partial charge in [-0.15, -0.1) is 0 Å². The first-order valence-corrected chi connectivity index (χ1v) is 5.46. The highest BCUT2D eigenvalue weighted by molar-refractivity contribution is 14.1. The lowest BCUT2D eigenvalue weighted by Gasteiger charge is -2.07. The molecule has 0 aliphatic carbocycles. The van der Waals surface area contributed by atoms with Crippen molar-refractivity contribution >= 4 is 28.4 Å². The fraction of sp³-hybridized carbons (Fsp3) is 0.556. The first-order valence-electron chi connectivity index (χ1n) is 4.38. The number of hydrogen-bond donors (Lipinski definition) is 1. The minimum atomic E-state index is 0.656. The third-order valence-electron chi connectivity index (χ3n) is 1.83. The molecule has 1 rings (SSSR count). The van der Waals surface area contributed by atoms with E-state index in [-0.39, 0.29) is 0 Å². The minimum Gasteiger partial charge on any atom is -0.384 e. The Kier molecular flexibility index (Phi) is 4.53. The molecule has 1 heterocycles. The molecule has 0 amide bonds. The number of rotatable bonds is 4. The second kappa shape index (κ2) is 5.45. The molecular weight excluding hydrogens is 293 g/mol. The Morgan fingerprint density at radius 2 is 2.14 bits per heavy atom. The largest absolute Gasteiger partial charge is 0.384 e. The third-order valence-corrected chi connectivity index (χ3v) is 3.12. The molecular formula is C9H14IN3O. The maximum absolute atomic E-state index is 4.99. The molecule has 0 aliphatic heterocycles. The molecule has 0 aliphatic rings. The molecule has 0 bridgehead atoms. The Hall–Kier alpha value is -0.430. The van der Waals surface area contributed by atoms with Crippen LogP contribution in [0, 0.1) is 10.5 Å². The van der Waals surface area contributed by atoms with Gasteiger partial charge in [-0.3, -0.25) is 0 Å². The molecule has 0 saturated carbocycles. The monoisotopic (exact) mass is 307 g/mol. The van der Waals surface area contributed by atoms with Crippen LogP contribution < -0.4 is 5.32 Å². The summed E-state index contributed by atoms with van der Waals surface area (Å²) in [4.78, 5) is 8.76. The second-order valence-corrected chi connectivity index (χ2v) is 3.96. The molecule has 0 radical (unpaired) electrons. The van der Waals surface area contributed by atoms with Gasteiger partial charge in [0.1, 0.15) is 11.6 Å². The van der Waals surface area contributed by atoms with Crippen molar-refractivity contribution in [2.24, 2.45) is 0 Å². The highest BCUT2D eigenvalue weighted by Crippen LogP contribution is 2.17. The summed E-state index contributed by atoms with van der Waals surface area (Å²) < 4.78 is 6.06. The highest BCUT2D eigenvalue weighted by atomic mass is 127. The van der Waals surface area contributed by atoms with Crippen LogP contribution in [0.15, 0.2) is 0 Å². The van der Waals surface area contributed by atoms with E-state index in [1.165, 1.54) is 0 Å². The molecule has 5 heteroatoms. The van der Waals surface area contributed by atoms with E-state index in [2.05, 4.69) is 37.9 Å². The van der Waals surface area contributed by atoms with Crippen molar-refractivity contribution in [2.75, 3.05) is 26.1 Å².